The number of para-hydroxylation sites is 1. The van der Waals surface area contributed by atoms with E-state index in [-0.39, 0.29) is 11.3 Å². The lowest BCUT2D eigenvalue weighted by Crippen LogP contribution is -2.16. The lowest BCUT2D eigenvalue weighted by Gasteiger charge is -2.13. The molecule has 2 aromatic carbocycles. The Kier molecular flexibility index (Phi) is 5.04. The maximum atomic E-state index is 13.8. The zero-order valence-corrected chi connectivity index (χ0v) is 12.7. The van der Waals surface area contributed by atoms with E-state index in [4.69, 9.17) is 23.2 Å². The van der Waals surface area contributed by atoms with Gasteiger partial charge in [-0.3, -0.25) is 4.79 Å². The van der Waals surface area contributed by atoms with Crippen molar-refractivity contribution in [2.24, 2.45) is 0 Å². The summed E-state index contributed by atoms with van der Waals surface area (Å²) in [6.45, 7) is 2.32. The summed E-state index contributed by atoms with van der Waals surface area (Å²) in [7, 11) is 0. The van der Waals surface area contributed by atoms with Crippen LogP contribution in [-0.2, 0) is 0 Å². The van der Waals surface area contributed by atoms with Gasteiger partial charge in [0.05, 0.1) is 22.0 Å². The van der Waals surface area contributed by atoms with Crippen molar-refractivity contribution in [3.05, 3.63) is 57.8 Å². The molecule has 6 heteroatoms. The van der Waals surface area contributed by atoms with Crippen LogP contribution in [0, 0.1) is 5.82 Å². The Bertz CT molecular complexity index is 677. The van der Waals surface area contributed by atoms with Crippen LogP contribution in [0.2, 0.25) is 10.0 Å². The SMILES string of the molecule is CCNc1c(F)cccc1C(=O)Nc1cc(Cl)ccc1Cl. The van der Waals surface area contributed by atoms with Crippen molar-refractivity contribution in [1.29, 1.82) is 0 Å². The van der Waals surface area contributed by atoms with E-state index in [2.05, 4.69) is 10.6 Å². The van der Waals surface area contributed by atoms with E-state index in [1.165, 1.54) is 24.3 Å². The fourth-order valence-corrected chi connectivity index (χ4v) is 2.19. The van der Waals surface area contributed by atoms with Crippen molar-refractivity contribution in [3.8, 4) is 0 Å². The zero-order valence-electron chi connectivity index (χ0n) is 11.2. The number of hydrogen-bond donors (Lipinski definition) is 2. The molecule has 2 aromatic rings. The minimum absolute atomic E-state index is 0.163. The molecule has 2 N–H and O–H groups in total. The number of carbonyl (C=O) groups is 1. The van der Waals surface area contributed by atoms with Crippen molar-refractivity contribution in [2.75, 3.05) is 17.2 Å². The number of carbonyl (C=O) groups excluding carboxylic acids is 1. The molecule has 0 atom stereocenters. The third kappa shape index (κ3) is 3.65. The summed E-state index contributed by atoms with van der Waals surface area (Å²) in [5, 5.41) is 6.27. The summed E-state index contributed by atoms with van der Waals surface area (Å²) in [5.74, 6) is -0.948. The molecule has 3 nitrogen and oxygen atoms in total. The lowest BCUT2D eigenvalue weighted by atomic mass is 10.1. The maximum absolute atomic E-state index is 13.8. The molecule has 110 valence electrons. The first-order chi connectivity index (χ1) is 10.0. The van der Waals surface area contributed by atoms with Crippen LogP contribution < -0.4 is 10.6 Å². The third-order valence-electron chi connectivity index (χ3n) is 2.79. The standard InChI is InChI=1S/C15H13Cl2FN2O/c1-2-19-14-10(4-3-5-12(14)18)15(21)20-13-8-9(16)6-7-11(13)17/h3-8,19H,2H2,1H3,(H,20,21). The number of benzene rings is 2. The molecule has 0 bridgehead atoms. The van der Waals surface area contributed by atoms with E-state index >= 15 is 0 Å². The van der Waals surface area contributed by atoms with Crippen molar-refractivity contribution < 1.29 is 9.18 Å². The highest BCUT2D eigenvalue weighted by Gasteiger charge is 2.16. The minimum Gasteiger partial charge on any atom is -0.382 e. The van der Waals surface area contributed by atoms with Crippen LogP contribution >= 0.6 is 23.2 Å². The monoisotopic (exact) mass is 326 g/mol. The molecule has 0 saturated carbocycles. The van der Waals surface area contributed by atoms with Crippen molar-refractivity contribution in [1.82, 2.24) is 0 Å². The van der Waals surface area contributed by atoms with Gasteiger partial charge in [-0.2, -0.15) is 0 Å². The molecule has 2 rings (SSSR count). The van der Waals surface area contributed by atoms with Crippen molar-refractivity contribution in [2.45, 2.75) is 6.92 Å². The van der Waals surface area contributed by atoms with Gasteiger partial charge in [-0.05, 0) is 37.3 Å². The fraction of sp³-hybridized carbons (Fsp3) is 0.133. The van der Waals surface area contributed by atoms with Gasteiger partial charge in [0, 0.05) is 11.6 Å². The summed E-state index contributed by atoms with van der Waals surface area (Å²) < 4.78 is 13.8. The molecule has 0 saturated heterocycles. The van der Waals surface area contributed by atoms with E-state index in [1.807, 2.05) is 6.92 Å². The highest BCUT2D eigenvalue weighted by Crippen LogP contribution is 2.27. The van der Waals surface area contributed by atoms with Crippen LogP contribution in [-0.4, -0.2) is 12.5 Å². The number of amides is 1. The molecule has 0 unspecified atom stereocenters. The molecule has 1 amide bonds. The molecule has 0 fully saturated rings. The second kappa shape index (κ2) is 6.78. The highest BCUT2D eigenvalue weighted by molar-refractivity contribution is 6.36. The van der Waals surface area contributed by atoms with Crippen LogP contribution in [0.1, 0.15) is 17.3 Å². The molecular formula is C15H13Cl2FN2O. The van der Waals surface area contributed by atoms with Crippen molar-refractivity contribution in [3.63, 3.8) is 0 Å². The molecule has 0 radical (unpaired) electrons. The Morgan fingerprint density at radius 3 is 2.71 bits per heavy atom. The number of halogens is 3. The van der Waals surface area contributed by atoms with E-state index in [0.29, 0.717) is 22.3 Å². The van der Waals surface area contributed by atoms with E-state index < -0.39 is 11.7 Å². The summed E-state index contributed by atoms with van der Waals surface area (Å²) in [5.41, 5.74) is 0.740. The second-order valence-electron chi connectivity index (χ2n) is 4.27. The highest BCUT2D eigenvalue weighted by atomic mass is 35.5. The summed E-state index contributed by atoms with van der Waals surface area (Å²) >= 11 is 11.9. The first-order valence-corrected chi connectivity index (χ1v) is 7.07. The minimum atomic E-state index is -0.485. The Balaban J connectivity index is 2.32. The average Bonchev–Trinajstić information content (AvgIpc) is 2.45. The maximum Gasteiger partial charge on any atom is 0.257 e. The molecule has 0 aliphatic heterocycles. The van der Waals surface area contributed by atoms with Crippen LogP contribution in [0.15, 0.2) is 36.4 Å². The average molecular weight is 327 g/mol. The Morgan fingerprint density at radius 2 is 2.00 bits per heavy atom. The largest absolute Gasteiger partial charge is 0.382 e. The van der Waals surface area contributed by atoms with Crippen LogP contribution in [0.3, 0.4) is 0 Å². The number of nitrogens with one attached hydrogen (secondary N) is 2. The van der Waals surface area contributed by atoms with E-state index in [1.54, 1.807) is 12.1 Å². The number of hydrogen-bond acceptors (Lipinski definition) is 2. The van der Waals surface area contributed by atoms with Gasteiger partial charge in [-0.15, -0.1) is 0 Å². The number of rotatable bonds is 4. The summed E-state index contributed by atoms with van der Waals surface area (Å²) in [6, 6.07) is 9.04. The zero-order chi connectivity index (χ0) is 15.4. The molecule has 0 spiro atoms. The quantitative estimate of drug-likeness (QED) is 0.845. The second-order valence-corrected chi connectivity index (χ2v) is 5.11. The smallest absolute Gasteiger partial charge is 0.257 e. The van der Waals surface area contributed by atoms with Gasteiger partial charge in [0.15, 0.2) is 0 Å². The normalized spacial score (nSPS) is 10.3. The van der Waals surface area contributed by atoms with Crippen LogP contribution in [0.5, 0.6) is 0 Å². The van der Waals surface area contributed by atoms with Crippen LogP contribution in [0.25, 0.3) is 0 Å². The van der Waals surface area contributed by atoms with Crippen molar-refractivity contribution >= 4 is 40.5 Å². The molecule has 21 heavy (non-hydrogen) atoms. The van der Waals surface area contributed by atoms with E-state index in [0.717, 1.165) is 0 Å². The predicted octanol–water partition coefficient (Wildman–Crippen LogP) is 4.82. The topological polar surface area (TPSA) is 41.1 Å². The molecule has 0 aliphatic carbocycles. The molecule has 0 aliphatic rings. The third-order valence-corrected chi connectivity index (χ3v) is 3.35. The van der Waals surface area contributed by atoms with E-state index in [9.17, 15) is 9.18 Å². The van der Waals surface area contributed by atoms with Crippen LogP contribution in [0.4, 0.5) is 15.8 Å². The Hall–Kier alpha value is -1.78. The molecular weight excluding hydrogens is 314 g/mol. The first kappa shape index (κ1) is 15.6. The molecule has 0 aromatic heterocycles. The van der Waals surface area contributed by atoms with Gasteiger partial charge >= 0.3 is 0 Å². The first-order valence-electron chi connectivity index (χ1n) is 6.31. The Morgan fingerprint density at radius 1 is 1.24 bits per heavy atom. The predicted molar refractivity (Wildman–Crippen MR) is 85.0 cm³/mol. The van der Waals surface area contributed by atoms with Gasteiger partial charge in [0.1, 0.15) is 5.82 Å². The Labute approximate surface area is 132 Å². The number of anilines is 2. The van der Waals surface area contributed by atoms with Gasteiger partial charge in [-0.25, -0.2) is 4.39 Å². The van der Waals surface area contributed by atoms with Gasteiger partial charge < -0.3 is 10.6 Å². The fourth-order valence-electron chi connectivity index (χ4n) is 1.85. The summed E-state index contributed by atoms with van der Waals surface area (Å²) in [4.78, 5) is 12.3. The van der Waals surface area contributed by atoms with Gasteiger partial charge in [0.25, 0.3) is 5.91 Å². The van der Waals surface area contributed by atoms with Gasteiger partial charge in [0.2, 0.25) is 0 Å². The molecule has 0 heterocycles. The lowest BCUT2D eigenvalue weighted by molar-refractivity contribution is 0.102. The van der Waals surface area contributed by atoms with Gasteiger partial charge in [-0.1, -0.05) is 29.3 Å². The summed E-state index contributed by atoms with van der Waals surface area (Å²) in [6.07, 6.45) is 0.